The van der Waals surface area contributed by atoms with Gasteiger partial charge in [0.2, 0.25) is 23.6 Å². The zero-order chi connectivity index (χ0) is 47.0. The summed E-state index contributed by atoms with van der Waals surface area (Å²) in [6, 6.07) is 27.5. The second-order valence-corrected chi connectivity index (χ2v) is 16.3. The number of benzene rings is 4. The van der Waals surface area contributed by atoms with Crippen molar-refractivity contribution in [3.8, 4) is 0 Å². The topological polar surface area (TPSA) is 270 Å². The van der Waals surface area contributed by atoms with Gasteiger partial charge in [-0.15, -0.1) is 0 Å². The molecule has 5 atom stereocenters. The number of para-hydroxylation sites is 2. The molecule has 2 aromatic heterocycles. The van der Waals surface area contributed by atoms with Gasteiger partial charge < -0.3 is 47.8 Å². The van der Waals surface area contributed by atoms with Gasteiger partial charge in [0, 0.05) is 60.5 Å². The molecule has 0 saturated carbocycles. The highest BCUT2D eigenvalue weighted by atomic mass is 16.3. The van der Waals surface area contributed by atoms with Gasteiger partial charge in [0.25, 0.3) is 5.91 Å². The van der Waals surface area contributed by atoms with E-state index >= 15 is 0 Å². The number of fused-ring (bicyclic) bond motifs is 2. The zero-order valence-corrected chi connectivity index (χ0v) is 36.8. The maximum atomic E-state index is 14.4. The van der Waals surface area contributed by atoms with Gasteiger partial charge in [0.05, 0.1) is 0 Å². The zero-order valence-electron chi connectivity index (χ0n) is 36.8. The lowest BCUT2D eigenvalue weighted by Gasteiger charge is -2.27. The number of aliphatic hydroxyl groups excluding tert-OH is 1. The van der Waals surface area contributed by atoms with E-state index in [1.165, 1.54) is 7.05 Å². The number of aliphatic hydroxyl groups is 1. The van der Waals surface area contributed by atoms with Crippen LogP contribution >= 0.6 is 0 Å². The van der Waals surface area contributed by atoms with Crippen LogP contribution < -0.4 is 38.2 Å². The number of hydrazine groups is 1. The second kappa shape index (κ2) is 23.4. The number of rotatable bonds is 22. The van der Waals surface area contributed by atoms with Crippen LogP contribution in [0.3, 0.4) is 0 Å². The summed E-state index contributed by atoms with van der Waals surface area (Å²) in [5.74, 6) is -3.63. The van der Waals surface area contributed by atoms with E-state index in [-0.39, 0.29) is 32.1 Å². The molecule has 6 aromatic rings. The standard InChI is InChI=1S/C49H58N10O7/c1-59(58-47(64)40(24-23-33-29-52-37-20-10-8-18-35(33)37)55-48(65)43(60)27-32-16-6-3-7-17-32)49(66)57-42(28-34-30-53-38-21-11-9-19-36(34)38)46(63)56-41(26-31-14-4-2-5-15-31)45(62)54-39(44(51)61)22-12-13-25-50/h2-11,14-21,29-30,39-43,52-53,60H,12-13,22-28,50H2,1H3,(H2,51,61)(H,54,62)(H,55,65)(H,56,63)(H,57,66)(H,58,64)/t39-,40+,41+,42-,43-/m0/s1. The Hall–Kier alpha value is -7.50. The number of nitrogens with one attached hydrogen (secondary N) is 7. The predicted octanol–water partition coefficient (Wildman–Crippen LogP) is 2.78. The van der Waals surface area contributed by atoms with E-state index in [0.29, 0.717) is 31.4 Å². The van der Waals surface area contributed by atoms with Crippen molar-refractivity contribution < 1.29 is 33.9 Å². The molecule has 0 aliphatic rings. The Labute approximate surface area is 382 Å². The predicted molar refractivity (Wildman–Crippen MR) is 251 cm³/mol. The molecule has 0 fully saturated rings. The van der Waals surface area contributed by atoms with Crippen LogP contribution in [0.25, 0.3) is 21.8 Å². The largest absolute Gasteiger partial charge is 0.383 e. The number of hydrogen-bond donors (Lipinski definition) is 10. The molecule has 0 aliphatic heterocycles. The van der Waals surface area contributed by atoms with E-state index in [9.17, 15) is 33.9 Å². The number of aryl methyl sites for hydroxylation is 1. The maximum Gasteiger partial charge on any atom is 0.336 e. The minimum atomic E-state index is -1.47. The van der Waals surface area contributed by atoms with Crippen molar-refractivity contribution in [2.75, 3.05) is 13.6 Å². The minimum Gasteiger partial charge on any atom is -0.383 e. The number of nitrogens with two attached hydrogens (primary N) is 2. The first kappa shape index (κ1) is 48.0. The van der Waals surface area contributed by atoms with Crippen molar-refractivity contribution in [2.45, 2.75) is 81.6 Å². The van der Waals surface area contributed by atoms with E-state index < -0.39 is 65.8 Å². The van der Waals surface area contributed by atoms with Crippen LogP contribution in [0.4, 0.5) is 4.79 Å². The molecular formula is C49H58N10O7. The highest BCUT2D eigenvalue weighted by Crippen LogP contribution is 2.21. The van der Waals surface area contributed by atoms with Crippen molar-refractivity contribution in [1.82, 2.24) is 41.7 Å². The molecule has 0 aliphatic carbocycles. The fraction of sp³-hybridized carbons (Fsp3) is 0.306. The van der Waals surface area contributed by atoms with Crippen LogP contribution in [0.15, 0.2) is 122 Å². The SMILES string of the molecule is CN(NC(=O)[C@@H](CCc1c[nH]c2ccccc12)NC(=O)[C@@H](O)Cc1ccccc1)C(=O)N[C@@H](Cc1c[nH]c2ccccc12)C(=O)N[C@H](Cc1ccccc1)C(=O)N[C@@H](CCCCN)C(N)=O. The Morgan fingerprint density at radius 2 is 1.09 bits per heavy atom. The van der Waals surface area contributed by atoms with Crippen molar-refractivity contribution in [2.24, 2.45) is 11.5 Å². The van der Waals surface area contributed by atoms with E-state index in [0.717, 1.165) is 43.5 Å². The number of amides is 7. The fourth-order valence-electron chi connectivity index (χ4n) is 7.76. The Morgan fingerprint density at radius 1 is 0.576 bits per heavy atom. The third-order valence-corrected chi connectivity index (χ3v) is 11.4. The van der Waals surface area contributed by atoms with Crippen molar-refractivity contribution in [1.29, 1.82) is 0 Å². The van der Waals surface area contributed by atoms with Gasteiger partial charge in [0.1, 0.15) is 30.3 Å². The first-order chi connectivity index (χ1) is 31.9. The number of carbonyl (C=O) groups excluding carboxylic acids is 6. The summed E-state index contributed by atoms with van der Waals surface area (Å²) < 4.78 is 0. The lowest BCUT2D eigenvalue weighted by Crippen LogP contribution is -2.60. The number of primary amides is 1. The van der Waals surface area contributed by atoms with Gasteiger partial charge >= 0.3 is 6.03 Å². The quantitative estimate of drug-likeness (QED) is 0.0357. The number of unbranched alkanes of at least 4 members (excludes halogenated alkanes) is 1. The summed E-state index contributed by atoms with van der Waals surface area (Å²) in [4.78, 5) is 88.6. The molecular weight excluding hydrogens is 841 g/mol. The van der Waals surface area contributed by atoms with Gasteiger partial charge in [-0.1, -0.05) is 97.1 Å². The fourth-order valence-corrected chi connectivity index (χ4v) is 7.76. The molecule has 12 N–H and O–H groups in total. The number of hydrogen-bond acceptors (Lipinski definition) is 8. The number of carbonyl (C=O) groups is 6. The van der Waals surface area contributed by atoms with Gasteiger partial charge in [-0.25, -0.2) is 9.80 Å². The van der Waals surface area contributed by atoms with E-state index in [2.05, 4.69) is 36.7 Å². The molecule has 0 radical (unpaired) electrons. The molecule has 0 spiro atoms. The Kier molecular flexibility index (Phi) is 17.0. The summed E-state index contributed by atoms with van der Waals surface area (Å²) in [7, 11) is 1.29. The first-order valence-corrected chi connectivity index (χ1v) is 22.0. The van der Waals surface area contributed by atoms with Gasteiger partial charge in [-0.2, -0.15) is 0 Å². The Bertz CT molecular complexity index is 2580. The molecule has 6 rings (SSSR count). The second-order valence-electron chi connectivity index (χ2n) is 16.3. The number of aromatic amines is 2. The molecule has 0 saturated heterocycles. The first-order valence-electron chi connectivity index (χ1n) is 22.0. The normalized spacial score (nSPS) is 13.4. The lowest BCUT2D eigenvalue weighted by atomic mass is 10.0. The summed E-state index contributed by atoms with van der Waals surface area (Å²) >= 11 is 0. The van der Waals surface area contributed by atoms with Crippen LogP contribution in [0.1, 0.15) is 47.9 Å². The molecule has 7 amide bonds. The summed E-state index contributed by atoms with van der Waals surface area (Å²) in [5.41, 5.74) is 18.6. The lowest BCUT2D eigenvalue weighted by molar-refractivity contribution is -0.135. The van der Waals surface area contributed by atoms with Crippen molar-refractivity contribution in [3.63, 3.8) is 0 Å². The number of aromatic nitrogens is 2. The smallest absolute Gasteiger partial charge is 0.336 e. The minimum absolute atomic E-state index is 0.0139. The van der Waals surface area contributed by atoms with Crippen LogP contribution in [0.2, 0.25) is 0 Å². The molecule has 346 valence electrons. The number of H-pyrrole nitrogens is 2. The molecule has 4 aromatic carbocycles. The summed E-state index contributed by atoms with van der Waals surface area (Å²) in [6.07, 6.45) is 3.98. The molecule has 66 heavy (non-hydrogen) atoms. The van der Waals surface area contributed by atoms with Crippen molar-refractivity contribution >= 4 is 57.4 Å². The van der Waals surface area contributed by atoms with E-state index in [1.54, 1.807) is 54.7 Å². The highest BCUT2D eigenvalue weighted by Gasteiger charge is 2.32. The Morgan fingerprint density at radius 3 is 1.70 bits per heavy atom. The Balaban J connectivity index is 1.21. The molecule has 0 bridgehead atoms. The summed E-state index contributed by atoms with van der Waals surface area (Å²) in [6.45, 7) is 0.400. The third kappa shape index (κ3) is 13.3. The van der Waals surface area contributed by atoms with Crippen LogP contribution in [0, 0.1) is 0 Å². The van der Waals surface area contributed by atoms with E-state index in [4.69, 9.17) is 11.5 Å². The summed E-state index contributed by atoms with van der Waals surface area (Å²) in [5, 5.41) is 24.4. The van der Waals surface area contributed by atoms with Crippen LogP contribution in [0.5, 0.6) is 0 Å². The average Bonchev–Trinajstić information content (AvgIpc) is 3.93. The molecule has 17 heteroatoms. The van der Waals surface area contributed by atoms with Gasteiger partial charge in [0.15, 0.2) is 0 Å². The monoisotopic (exact) mass is 898 g/mol. The maximum absolute atomic E-state index is 14.4. The number of urea groups is 1. The van der Waals surface area contributed by atoms with Crippen molar-refractivity contribution in [3.05, 3.63) is 144 Å². The molecule has 17 nitrogen and oxygen atoms in total. The van der Waals surface area contributed by atoms with E-state index in [1.807, 2.05) is 66.9 Å². The third-order valence-electron chi connectivity index (χ3n) is 11.4. The number of nitrogens with zero attached hydrogens (tertiary/aromatic N) is 1. The van der Waals surface area contributed by atoms with Crippen LogP contribution in [-0.2, 0) is 49.7 Å². The molecule has 2 heterocycles. The van der Waals surface area contributed by atoms with Gasteiger partial charge in [-0.3, -0.25) is 29.4 Å². The average molecular weight is 899 g/mol. The molecule has 0 unspecified atom stereocenters. The highest BCUT2D eigenvalue weighted by molar-refractivity contribution is 5.95. The van der Waals surface area contributed by atoms with Gasteiger partial charge in [-0.05, 0) is 73.0 Å². The van der Waals surface area contributed by atoms with Crippen LogP contribution in [-0.4, -0.2) is 99.5 Å².